The second-order valence-corrected chi connectivity index (χ2v) is 9.56. The number of benzene rings is 2. The van der Waals surface area contributed by atoms with Crippen LogP contribution >= 0.6 is 0 Å². The average Bonchev–Trinajstić information content (AvgIpc) is 2.73. The lowest BCUT2D eigenvalue weighted by Crippen LogP contribution is -2.50. The first kappa shape index (κ1) is 25.6. The number of hydrogen-bond donors (Lipinski definition) is 3. The van der Waals surface area contributed by atoms with E-state index in [1.807, 2.05) is 0 Å². The van der Waals surface area contributed by atoms with Crippen molar-refractivity contribution in [3.8, 4) is 5.75 Å². The average molecular weight is 481 g/mol. The molecule has 9 heteroatoms. The Hall–Kier alpha value is -3.07. The zero-order chi connectivity index (χ0) is 25.5. The molecule has 3 N–H and O–H groups in total. The van der Waals surface area contributed by atoms with Gasteiger partial charge in [-0.2, -0.15) is 13.2 Å². The predicted molar refractivity (Wildman–Crippen MR) is 121 cm³/mol. The number of nitrogens with zero attached hydrogens (tertiary/aromatic N) is 1. The summed E-state index contributed by atoms with van der Waals surface area (Å²) in [6.07, 6.45) is -5.03. The SMILES string of the molecule is CN(C)C(=O)c1ccc2c(c1)CNC(CC(O)(CC(C)(C)c1cc(F)ccc1O)C(F)(F)F)=C2. The van der Waals surface area contributed by atoms with Gasteiger partial charge < -0.3 is 20.4 Å². The third kappa shape index (κ3) is 5.19. The molecule has 1 unspecified atom stereocenters. The summed E-state index contributed by atoms with van der Waals surface area (Å²) >= 11 is 0. The first-order chi connectivity index (χ1) is 15.6. The largest absolute Gasteiger partial charge is 0.508 e. The molecule has 2 aromatic carbocycles. The number of aliphatic hydroxyl groups is 1. The van der Waals surface area contributed by atoms with Crippen LogP contribution in [0.3, 0.4) is 0 Å². The Kier molecular flexibility index (Phi) is 6.72. The zero-order valence-electron chi connectivity index (χ0n) is 19.4. The molecule has 0 aromatic heterocycles. The number of rotatable bonds is 6. The third-order valence-electron chi connectivity index (χ3n) is 6.06. The molecule has 5 nitrogen and oxygen atoms in total. The Labute approximate surface area is 195 Å². The highest BCUT2D eigenvalue weighted by molar-refractivity contribution is 5.94. The van der Waals surface area contributed by atoms with Crippen LogP contribution in [0.15, 0.2) is 42.1 Å². The standard InChI is InChI=1S/C25H28F4N2O3/c1-23(2,20-11-18(26)7-8-21(20)32)14-24(34,25(27,28)29)12-19-10-15-5-6-16(22(33)31(3)4)9-17(15)13-30-19/h5-11,30,32,34H,12-14H2,1-4H3. The Morgan fingerprint density at radius 3 is 2.41 bits per heavy atom. The monoisotopic (exact) mass is 480 g/mol. The lowest BCUT2D eigenvalue weighted by atomic mass is 9.73. The van der Waals surface area contributed by atoms with Crippen molar-refractivity contribution in [1.82, 2.24) is 10.2 Å². The summed E-state index contributed by atoms with van der Waals surface area (Å²) in [7, 11) is 3.25. The van der Waals surface area contributed by atoms with Gasteiger partial charge in [-0.1, -0.05) is 19.9 Å². The summed E-state index contributed by atoms with van der Waals surface area (Å²) in [5, 5.41) is 23.9. The van der Waals surface area contributed by atoms with Crippen molar-refractivity contribution < 1.29 is 32.6 Å². The van der Waals surface area contributed by atoms with E-state index in [1.54, 1.807) is 32.3 Å². The van der Waals surface area contributed by atoms with Crippen molar-refractivity contribution in [2.24, 2.45) is 0 Å². The fraction of sp³-hybridized carbons (Fsp3) is 0.400. The maximum Gasteiger partial charge on any atom is 0.417 e. The Morgan fingerprint density at radius 1 is 1.12 bits per heavy atom. The van der Waals surface area contributed by atoms with E-state index in [9.17, 15) is 32.6 Å². The van der Waals surface area contributed by atoms with E-state index in [1.165, 1.54) is 24.8 Å². The van der Waals surface area contributed by atoms with E-state index < -0.39 is 35.9 Å². The van der Waals surface area contributed by atoms with E-state index in [2.05, 4.69) is 5.32 Å². The van der Waals surface area contributed by atoms with Crippen LogP contribution in [-0.4, -0.2) is 46.9 Å². The zero-order valence-corrected chi connectivity index (χ0v) is 19.4. The van der Waals surface area contributed by atoms with E-state index in [0.29, 0.717) is 11.1 Å². The lowest BCUT2D eigenvalue weighted by molar-refractivity contribution is -0.266. The highest BCUT2D eigenvalue weighted by Gasteiger charge is 2.56. The summed E-state index contributed by atoms with van der Waals surface area (Å²) in [5.41, 5.74) is -2.53. The second kappa shape index (κ2) is 8.94. The first-order valence-electron chi connectivity index (χ1n) is 10.7. The van der Waals surface area contributed by atoms with Crippen molar-refractivity contribution in [3.63, 3.8) is 0 Å². The van der Waals surface area contributed by atoms with Gasteiger partial charge >= 0.3 is 6.18 Å². The number of hydrogen-bond acceptors (Lipinski definition) is 4. The van der Waals surface area contributed by atoms with Crippen molar-refractivity contribution >= 4 is 12.0 Å². The number of fused-ring (bicyclic) bond motifs is 1. The van der Waals surface area contributed by atoms with E-state index >= 15 is 0 Å². The molecule has 0 aliphatic carbocycles. The number of amides is 1. The smallest absolute Gasteiger partial charge is 0.417 e. The maximum atomic E-state index is 14.1. The number of carbonyl (C=O) groups is 1. The molecule has 1 aliphatic rings. The maximum absolute atomic E-state index is 14.1. The van der Waals surface area contributed by atoms with Crippen molar-refractivity contribution in [3.05, 3.63) is 70.2 Å². The molecule has 1 heterocycles. The van der Waals surface area contributed by atoms with Gasteiger partial charge in [0.1, 0.15) is 11.6 Å². The molecule has 0 saturated heterocycles. The van der Waals surface area contributed by atoms with Gasteiger partial charge in [0.25, 0.3) is 5.91 Å². The van der Waals surface area contributed by atoms with Crippen LogP contribution in [0.2, 0.25) is 0 Å². The van der Waals surface area contributed by atoms with Gasteiger partial charge in [-0.25, -0.2) is 4.39 Å². The van der Waals surface area contributed by atoms with Crippen LogP contribution in [0.25, 0.3) is 6.08 Å². The van der Waals surface area contributed by atoms with Gasteiger partial charge in [0.15, 0.2) is 5.60 Å². The van der Waals surface area contributed by atoms with Crippen LogP contribution in [0, 0.1) is 5.82 Å². The van der Waals surface area contributed by atoms with Crippen molar-refractivity contribution in [2.75, 3.05) is 14.1 Å². The van der Waals surface area contributed by atoms with Crippen LogP contribution in [0.5, 0.6) is 5.75 Å². The van der Waals surface area contributed by atoms with Crippen LogP contribution in [0.4, 0.5) is 17.6 Å². The minimum absolute atomic E-state index is 0.0239. The van der Waals surface area contributed by atoms with Crippen LogP contribution < -0.4 is 5.32 Å². The molecular weight excluding hydrogens is 452 g/mol. The minimum Gasteiger partial charge on any atom is -0.508 e. The number of phenols is 1. The summed E-state index contributed by atoms with van der Waals surface area (Å²) in [5.74, 6) is -1.23. The molecule has 3 rings (SSSR count). The molecule has 34 heavy (non-hydrogen) atoms. The number of phenolic OH excluding ortho intramolecular Hbond substituents is 1. The summed E-state index contributed by atoms with van der Waals surface area (Å²) in [6, 6.07) is 8.02. The van der Waals surface area contributed by atoms with Crippen molar-refractivity contribution in [1.29, 1.82) is 0 Å². The van der Waals surface area contributed by atoms with E-state index in [-0.39, 0.29) is 29.5 Å². The van der Waals surface area contributed by atoms with Gasteiger partial charge in [-0.15, -0.1) is 0 Å². The van der Waals surface area contributed by atoms with Gasteiger partial charge in [0.2, 0.25) is 0 Å². The highest BCUT2D eigenvalue weighted by atomic mass is 19.4. The normalized spacial score (nSPS) is 15.6. The summed E-state index contributed by atoms with van der Waals surface area (Å²) in [6.45, 7) is 3.02. The first-order valence-corrected chi connectivity index (χ1v) is 10.7. The van der Waals surface area contributed by atoms with Crippen LogP contribution in [0.1, 0.15) is 53.7 Å². The third-order valence-corrected chi connectivity index (χ3v) is 6.06. The molecule has 0 spiro atoms. The van der Waals surface area contributed by atoms with Crippen molar-refractivity contribution in [2.45, 2.75) is 50.4 Å². The summed E-state index contributed by atoms with van der Waals surface area (Å²) in [4.78, 5) is 13.6. The number of halogens is 4. The number of nitrogens with one attached hydrogen (secondary N) is 1. The molecule has 1 amide bonds. The summed E-state index contributed by atoms with van der Waals surface area (Å²) < 4.78 is 56.1. The topological polar surface area (TPSA) is 72.8 Å². The fourth-order valence-corrected chi connectivity index (χ4v) is 4.31. The Bertz CT molecular complexity index is 1130. The number of alkyl halides is 3. The minimum atomic E-state index is -4.99. The second-order valence-electron chi connectivity index (χ2n) is 9.56. The molecule has 1 atom stereocenters. The lowest BCUT2D eigenvalue weighted by Gasteiger charge is -2.39. The molecule has 0 fully saturated rings. The molecule has 0 bridgehead atoms. The molecule has 0 saturated carbocycles. The van der Waals surface area contributed by atoms with Gasteiger partial charge in [0.05, 0.1) is 0 Å². The van der Waals surface area contributed by atoms with E-state index in [4.69, 9.17) is 0 Å². The number of carbonyl (C=O) groups excluding carboxylic acids is 1. The number of aromatic hydroxyl groups is 1. The predicted octanol–water partition coefficient (Wildman–Crippen LogP) is 4.73. The molecule has 0 radical (unpaired) electrons. The molecular formula is C25H28F4N2O3. The van der Waals surface area contributed by atoms with E-state index in [0.717, 1.165) is 23.8 Å². The van der Waals surface area contributed by atoms with Gasteiger partial charge in [-0.3, -0.25) is 4.79 Å². The Morgan fingerprint density at radius 2 is 1.79 bits per heavy atom. The quantitative estimate of drug-likeness (QED) is 0.523. The Balaban J connectivity index is 1.91. The fourth-order valence-electron chi connectivity index (χ4n) is 4.31. The van der Waals surface area contributed by atoms with Gasteiger partial charge in [-0.05, 0) is 59.4 Å². The molecule has 2 aromatic rings. The van der Waals surface area contributed by atoms with Crippen LogP contribution in [-0.2, 0) is 12.0 Å². The highest BCUT2D eigenvalue weighted by Crippen LogP contribution is 2.46. The van der Waals surface area contributed by atoms with Gasteiger partial charge in [0, 0.05) is 43.9 Å². The molecule has 1 aliphatic heterocycles. The molecule has 184 valence electrons.